The molecule has 0 saturated heterocycles. The number of fused-ring (bicyclic) bond motifs is 1. The molecule has 0 spiro atoms. The standard InChI is InChI=1S/C15H17BrN2O3/c1-8(2)14(19)18-13(15(20)21)5-9-7-17-12-4-3-10(16)6-11(9)12/h3-4,6-8,13,17H,5H2,1-2H3,(H,18,19)(H,20,21). The first-order valence-electron chi connectivity index (χ1n) is 6.67. The van der Waals surface area contributed by atoms with Gasteiger partial charge in [0.1, 0.15) is 6.04 Å². The summed E-state index contributed by atoms with van der Waals surface area (Å²) in [4.78, 5) is 26.2. The zero-order valence-corrected chi connectivity index (χ0v) is 13.4. The molecule has 0 bridgehead atoms. The Kier molecular flexibility index (Phi) is 4.67. The zero-order chi connectivity index (χ0) is 15.6. The molecule has 3 N–H and O–H groups in total. The van der Waals surface area contributed by atoms with Crippen LogP contribution in [0.15, 0.2) is 28.9 Å². The molecule has 21 heavy (non-hydrogen) atoms. The monoisotopic (exact) mass is 352 g/mol. The molecule has 1 atom stereocenters. The lowest BCUT2D eigenvalue weighted by Gasteiger charge is -2.15. The lowest BCUT2D eigenvalue weighted by atomic mass is 10.0. The number of nitrogens with one attached hydrogen (secondary N) is 2. The molecule has 1 aromatic heterocycles. The second-order valence-electron chi connectivity index (χ2n) is 5.26. The summed E-state index contributed by atoms with van der Waals surface area (Å²) in [7, 11) is 0. The number of carbonyl (C=O) groups excluding carboxylic acids is 1. The molecule has 0 aliphatic carbocycles. The van der Waals surface area contributed by atoms with E-state index < -0.39 is 12.0 Å². The maximum atomic E-state index is 11.7. The van der Waals surface area contributed by atoms with Crippen LogP contribution in [0, 0.1) is 5.92 Å². The van der Waals surface area contributed by atoms with E-state index in [2.05, 4.69) is 26.2 Å². The molecule has 0 aliphatic rings. The summed E-state index contributed by atoms with van der Waals surface area (Å²) in [6.45, 7) is 3.47. The van der Waals surface area contributed by atoms with Gasteiger partial charge in [-0.15, -0.1) is 0 Å². The van der Waals surface area contributed by atoms with Crippen LogP contribution in [-0.2, 0) is 16.0 Å². The number of carboxylic acids is 1. The number of benzene rings is 1. The number of carboxylic acid groups (broad SMARTS) is 1. The summed E-state index contributed by atoms with van der Waals surface area (Å²) < 4.78 is 0.925. The predicted octanol–water partition coefficient (Wildman–Crippen LogP) is 2.70. The number of halogens is 1. The zero-order valence-electron chi connectivity index (χ0n) is 11.8. The number of amides is 1. The van der Waals surface area contributed by atoms with E-state index in [1.807, 2.05) is 18.2 Å². The van der Waals surface area contributed by atoms with Gasteiger partial charge in [-0.3, -0.25) is 4.79 Å². The fourth-order valence-corrected chi connectivity index (χ4v) is 2.44. The molecule has 0 radical (unpaired) electrons. The summed E-state index contributed by atoms with van der Waals surface area (Å²) in [5.74, 6) is -1.54. The van der Waals surface area contributed by atoms with E-state index in [4.69, 9.17) is 0 Å². The number of carbonyl (C=O) groups is 2. The molecule has 0 aliphatic heterocycles. The Morgan fingerprint density at radius 3 is 2.71 bits per heavy atom. The highest BCUT2D eigenvalue weighted by Crippen LogP contribution is 2.23. The van der Waals surface area contributed by atoms with E-state index in [1.54, 1.807) is 20.0 Å². The largest absolute Gasteiger partial charge is 0.480 e. The summed E-state index contributed by atoms with van der Waals surface area (Å²) in [5.41, 5.74) is 1.80. The van der Waals surface area contributed by atoms with Gasteiger partial charge in [-0.25, -0.2) is 4.79 Å². The van der Waals surface area contributed by atoms with Gasteiger partial charge in [0.2, 0.25) is 5.91 Å². The van der Waals surface area contributed by atoms with Crippen LogP contribution < -0.4 is 5.32 Å². The fourth-order valence-electron chi connectivity index (χ4n) is 2.08. The highest BCUT2D eigenvalue weighted by molar-refractivity contribution is 9.10. The molecule has 0 saturated carbocycles. The van der Waals surface area contributed by atoms with Crippen LogP contribution in [0.1, 0.15) is 19.4 Å². The van der Waals surface area contributed by atoms with Crippen molar-refractivity contribution < 1.29 is 14.7 Å². The van der Waals surface area contributed by atoms with Gasteiger partial charge in [0.25, 0.3) is 0 Å². The third kappa shape index (κ3) is 3.64. The van der Waals surface area contributed by atoms with Crippen LogP contribution >= 0.6 is 15.9 Å². The van der Waals surface area contributed by atoms with E-state index >= 15 is 0 Å². The number of aromatic nitrogens is 1. The Labute approximate surface area is 130 Å². The first kappa shape index (κ1) is 15.6. The van der Waals surface area contributed by atoms with Crippen molar-refractivity contribution in [2.75, 3.05) is 0 Å². The normalized spacial score (nSPS) is 12.6. The number of hydrogen-bond donors (Lipinski definition) is 3. The molecule has 112 valence electrons. The quantitative estimate of drug-likeness (QED) is 0.773. The van der Waals surface area contributed by atoms with Crippen LogP contribution in [0.4, 0.5) is 0 Å². The lowest BCUT2D eigenvalue weighted by Crippen LogP contribution is -2.44. The first-order chi connectivity index (χ1) is 9.88. The topological polar surface area (TPSA) is 82.2 Å². The van der Waals surface area contributed by atoms with Gasteiger partial charge < -0.3 is 15.4 Å². The summed E-state index contributed by atoms with van der Waals surface area (Å²) in [6.07, 6.45) is 2.03. The van der Waals surface area contributed by atoms with Gasteiger partial charge in [0.15, 0.2) is 0 Å². The van der Waals surface area contributed by atoms with Crippen molar-refractivity contribution in [2.45, 2.75) is 26.3 Å². The molecular weight excluding hydrogens is 336 g/mol. The average molecular weight is 353 g/mol. The second-order valence-corrected chi connectivity index (χ2v) is 6.18. The van der Waals surface area contributed by atoms with Gasteiger partial charge in [-0.05, 0) is 23.8 Å². The van der Waals surface area contributed by atoms with Crippen LogP contribution in [0.25, 0.3) is 10.9 Å². The third-order valence-electron chi connectivity index (χ3n) is 3.29. The van der Waals surface area contributed by atoms with E-state index in [-0.39, 0.29) is 18.2 Å². The minimum absolute atomic E-state index is 0.240. The number of H-pyrrole nitrogens is 1. The lowest BCUT2D eigenvalue weighted by molar-refractivity contribution is -0.142. The number of rotatable bonds is 5. The van der Waals surface area contributed by atoms with Gasteiger partial charge in [0.05, 0.1) is 0 Å². The van der Waals surface area contributed by atoms with Crippen molar-refractivity contribution >= 4 is 38.7 Å². The van der Waals surface area contributed by atoms with E-state index in [1.165, 1.54) is 0 Å². The minimum Gasteiger partial charge on any atom is -0.480 e. The van der Waals surface area contributed by atoms with Crippen molar-refractivity contribution in [1.82, 2.24) is 10.3 Å². The van der Waals surface area contributed by atoms with Crippen molar-refractivity contribution in [2.24, 2.45) is 5.92 Å². The van der Waals surface area contributed by atoms with Crippen molar-refractivity contribution in [3.8, 4) is 0 Å². The minimum atomic E-state index is -1.03. The highest BCUT2D eigenvalue weighted by Gasteiger charge is 2.22. The Morgan fingerprint density at radius 1 is 1.38 bits per heavy atom. The maximum absolute atomic E-state index is 11.7. The van der Waals surface area contributed by atoms with E-state index in [9.17, 15) is 14.7 Å². The van der Waals surface area contributed by atoms with Crippen molar-refractivity contribution in [1.29, 1.82) is 0 Å². The second kappa shape index (κ2) is 6.30. The molecule has 2 rings (SSSR count). The van der Waals surface area contributed by atoms with Gasteiger partial charge in [0, 0.05) is 33.9 Å². The predicted molar refractivity (Wildman–Crippen MR) is 84.1 cm³/mol. The Hall–Kier alpha value is -1.82. The number of aliphatic carboxylic acids is 1. The van der Waals surface area contributed by atoms with Crippen LogP contribution in [0.3, 0.4) is 0 Å². The molecule has 1 unspecified atom stereocenters. The first-order valence-corrected chi connectivity index (χ1v) is 7.46. The molecule has 2 aromatic rings. The summed E-state index contributed by atoms with van der Waals surface area (Å²) in [6, 6.07) is 4.84. The van der Waals surface area contributed by atoms with E-state index in [0.29, 0.717) is 0 Å². The third-order valence-corrected chi connectivity index (χ3v) is 3.79. The van der Waals surface area contributed by atoms with Crippen LogP contribution in [0.5, 0.6) is 0 Å². The summed E-state index contributed by atoms with van der Waals surface area (Å²) >= 11 is 3.41. The molecule has 0 fully saturated rings. The van der Waals surface area contributed by atoms with Gasteiger partial charge in [-0.1, -0.05) is 29.8 Å². The highest BCUT2D eigenvalue weighted by atomic mass is 79.9. The number of aromatic amines is 1. The van der Waals surface area contributed by atoms with E-state index in [0.717, 1.165) is 20.9 Å². The Morgan fingerprint density at radius 2 is 2.10 bits per heavy atom. The molecule has 1 heterocycles. The van der Waals surface area contributed by atoms with Crippen LogP contribution in [0.2, 0.25) is 0 Å². The fraction of sp³-hybridized carbons (Fsp3) is 0.333. The maximum Gasteiger partial charge on any atom is 0.326 e. The van der Waals surface area contributed by atoms with Crippen molar-refractivity contribution in [3.05, 3.63) is 34.4 Å². The molecule has 1 amide bonds. The molecular formula is C15H17BrN2O3. The Bertz CT molecular complexity index is 679. The smallest absolute Gasteiger partial charge is 0.326 e. The SMILES string of the molecule is CC(C)C(=O)NC(Cc1c[nH]c2ccc(Br)cc12)C(=O)O. The van der Waals surface area contributed by atoms with Crippen molar-refractivity contribution in [3.63, 3.8) is 0 Å². The Balaban J connectivity index is 2.25. The summed E-state index contributed by atoms with van der Waals surface area (Å²) in [5, 5.41) is 12.8. The average Bonchev–Trinajstić information content (AvgIpc) is 2.80. The molecule has 1 aromatic carbocycles. The molecule has 6 heteroatoms. The van der Waals surface area contributed by atoms with Gasteiger partial charge >= 0.3 is 5.97 Å². The van der Waals surface area contributed by atoms with Gasteiger partial charge in [-0.2, -0.15) is 0 Å². The van der Waals surface area contributed by atoms with Crippen LogP contribution in [-0.4, -0.2) is 28.0 Å². The number of hydrogen-bond acceptors (Lipinski definition) is 2. The molecule has 5 nitrogen and oxygen atoms in total.